The van der Waals surface area contributed by atoms with Gasteiger partial charge in [0.05, 0.1) is 0 Å². The molecule has 1 nitrogen and oxygen atoms in total. The number of alkyl halides is 3. The molecular formula is C13H20ClF3O. The number of hydrogen-bond acceptors (Lipinski definition) is 1. The first kappa shape index (κ1) is 19.4. The fraction of sp³-hybridized carbons (Fsp3) is 0.538. The normalized spacial score (nSPS) is 9.61. The number of aryl methyl sites for hydroxylation is 1. The van der Waals surface area contributed by atoms with E-state index in [0.29, 0.717) is 12.0 Å². The minimum absolute atomic E-state index is 0.239. The smallest absolute Gasteiger partial charge is 0.406 e. The first-order chi connectivity index (χ1) is 8.40. The zero-order valence-electron chi connectivity index (χ0n) is 11.4. The van der Waals surface area contributed by atoms with Crippen molar-refractivity contribution in [1.29, 1.82) is 0 Å². The molecule has 1 aromatic rings. The minimum Gasteiger partial charge on any atom is -0.406 e. The van der Waals surface area contributed by atoms with Crippen molar-refractivity contribution in [3.05, 3.63) is 28.8 Å². The van der Waals surface area contributed by atoms with E-state index in [9.17, 15) is 13.2 Å². The Morgan fingerprint density at radius 2 is 1.56 bits per heavy atom. The molecule has 0 spiro atoms. The van der Waals surface area contributed by atoms with Gasteiger partial charge in [0.15, 0.2) is 0 Å². The molecule has 0 aliphatic heterocycles. The SMILES string of the molecule is CC.CC.CCc1cc(Cl)cc(OC(F)(F)F)c1. The van der Waals surface area contributed by atoms with Gasteiger partial charge in [-0.25, -0.2) is 0 Å². The molecule has 0 N–H and O–H groups in total. The molecule has 1 rings (SSSR count). The first-order valence-electron chi connectivity index (χ1n) is 5.96. The quantitative estimate of drug-likeness (QED) is 0.661. The lowest BCUT2D eigenvalue weighted by atomic mass is 10.2. The Balaban J connectivity index is 0. The monoisotopic (exact) mass is 284 g/mol. The maximum atomic E-state index is 11.8. The number of ether oxygens (including phenoxy) is 1. The van der Waals surface area contributed by atoms with E-state index in [1.165, 1.54) is 6.07 Å². The molecule has 18 heavy (non-hydrogen) atoms. The Bertz CT molecular complexity index is 325. The Labute approximate surface area is 112 Å². The summed E-state index contributed by atoms with van der Waals surface area (Å²) in [7, 11) is 0. The third-order valence-electron chi connectivity index (χ3n) is 1.57. The van der Waals surface area contributed by atoms with Crippen LogP contribution in [0.4, 0.5) is 13.2 Å². The van der Waals surface area contributed by atoms with Crippen LogP contribution < -0.4 is 4.74 Å². The van der Waals surface area contributed by atoms with Crippen LogP contribution >= 0.6 is 11.6 Å². The molecule has 0 saturated heterocycles. The first-order valence-corrected chi connectivity index (χ1v) is 6.33. The molecule has 0 aliphatic rings. The summed E-state index contributed by atoms with van der Waals surface area (Å²) in [6.07, 6.45) is -4.07. The molecule has 0 unspecified atom stereocenters. The molecule has 106 valence electrons. The molecule has 0 radical (unpaired) electrons. The molecular weight excluding hydrogens is 265 g/mol. The summed E-state index contributed by atoms with van der Waals surface area (Å²) in [5.74, 6) is -0.276. The lowest BCUT2D eigenvalue weighted by Gasteiger charge is -2.10. The second kappa shape index (κ2) is 10.1. The van der Waals surface area contributed by atoms with E-state index in [2.05, 4.69) is 4.74 Å². The predicted molar refractivity (Wildman–Crippen MR) is 70.2 cm³/mol. The van der Waals surface area contributed by atoms with Crippen LogP contribution in [0.2, 0.25) is 5.02 Å². The Morgan fingerprint density at radius 1 is 1.06 bits per heavy atom. The summed E-state index contributed by atoms with van der Waals surface area (Å²) in [6, 6.07) is 4.05. The highest BCUT2D eigenvalue weighted by molar-refractivity contribution is 6.30. The fourth-order valence-electron chi connectivity index (χ4n) is 1.02. The largest absolute Gasteiger partial charge is 0.573 e. The lowest BCUT2D eigenvalue weighted by Crippen LogP contribution is -2.17. The zero-order valence-corrected chi connectivity index (χ0v) is 12.1. The van der Waals surface area contributed by atoms with Gasteiger partial charge < -0.3 is 4.74 Å². The van der Waals surface area contributed by atoms with Crippen LogP contribution in [-0.4, -0.2) is 6.36 Å². The standard InChI is InChI=1S/C9H8ClF3O.2C2H6/c1-2-6-3-7(10)5-8(4-6)14-9(11,12)13;2*1-2/h3-5H,2H2,1H3;2*1-2H3. The van der Waals surface area contributed by atoms with Gasteiger partial charge in [-0.3, -0.25) is 0 Å². The molecule has 0 atom stereocenters. The highest BCUT2D eigenvalue weighted by atomic mass is 35.5. The molecule has 0 fully saturated rings. The number of halogens is 4. The Hall–Kier alpha value is -0.900. The molecule has 0 heterocycles. The molecule has 0 aliphatic carbocycles. The summed E-state index contributed by atoms with van der Waals surface area (Å²) in [6.45, 7) is 9.82. The summed E-state index contributed by atoms with van der Waals surface area (Å²) >= 11 is 5.61. The average Bonchev–Trinajstić information content (AvgIpc) is 2.31. The van der Waals surface area contributed by atoms with Crippen molar-refractivity contribution in [2.45, 2.75) is 47.4 Å². The van der Waals surface area contributed by atoms with Crippen molar-refractivity contribution >= 4 is 11.6 Å². The summed E-state index contributed by atoms with van der Waals surface area (Å²) in [4.78, 5) is 0. The van der Waals surface area contributed by atoms with Gasteiger partial charge in [0.25, 0.3) is 0 Å². The highest BCUT2D eigenvalue weighted by Crippen LogP contribution is 2.27. The van der Waals surface area contributed by atoms with Crippen LogP contribution in [0, 0.1) is 0 Å². The van der Waals surface area contributed by atoms with Gasteiger partial charge >= 0.3 is 6.36 Å². The van der Waals surface area contributed by atoms with Crippen molar-refractivity contribution in [3.63, 3.8) is 0 Å². The molecule has 1 aromatic carbocycles. The van der Waals surface area contributed by atoms with E-state index in [4.69, 9.17) is 11.6 Å². The van der Waals surface area contributed by atoms with Crippen molar-refractivity contribution in [3.8, 4) is 5.75 Å². The molecule has 5 heteroatoms. The second-order valence-corrected chi connectivity index (χ2v) is 3.13. The van der Waals surface area contributed by atoms with E-state index < -0.39 is 6.36 Å². The van der Waals surface area contributed by atoms with E-state index >= 15 is 0 Å². The summed E-state index contributed by atoms with van der Waals surface area (Å²) in [5.41, 5.74) is 0.705. The van der Waals surface area contributed by atoms with Crippen molar-refractivity contribution < 1.29 is 17.9 Å². The van der Waals surface area contributed by atoms with Gasteiger partial charge in [0, 0.05) is 5.02 Å². The Kier molecular flexibility index (Phi) is 10.9. The van der Waals surface area contributed by atoms with Crippen molar-refractivity contribution in [2.75, 3.05) is 0 Å². The average molecular weight is 285 g/mol. The van der Waals surface area contributed by atoms with Gasteiger partial charge in [-0.05, 0) is 30.2 Å². The molecule has 0 aromatic heterocycles. The Morgan fingerprint density at radius 3 is 1.94 bits per heavy atom. The minimum atomic E-state index is -4.67. The lowest BCUT2D eigenvalue weighted by molar-refractivity contribution is -0.274. The van der Waals surface area contributed by atoms with Gasteiger partial charge in [0.1, 0.15) is 5.75 Å². The van der Waals surface area contributed by atoms with E-state index in [-0.39, 0.29) is 10.8 Å². The summed E-state index contributed by atoms with van der Waals surface area (Å²) < 4.78 is 39.3. The van der Waals surface area contributed by atoms with Crippen LogP contribution in [0.1, 0.15) is 40.2 Å². The topological polar surface area (TPSA) is 9.23 Å². The van der Waals surface area contributed by atoms with Crippen molar-refractivity contribution in [1.82, 2.24) is 0 Å². The van der Waals surface area contributed by atoms with Crippen LogP contribution in [-0.2, 0) is 6.42 Å². The number of hydrogen-bond donors (Lipinski definition) is 0. The number of benzene rings is 1. The van der Waals surface area contributed by atoms with Crippen LogP contribution in [0.3, 0.4) is 0 Å². The highest BCUT2D eigenvalue weighted by Gasteiger charge is 2.31. The molecule has 0 bridgehead atoms. The molecule has 0 saturated carbocycles. The van der Waals surface area contributed by atoms with E-state index in [1.54, 1.807) is 6.07 Å². The van der Waals surface area contributed by atoms with Gasteiger partial charge in [-0.1, -0.05) is 46.2 Å². The van der Waals surface area contributed by atoms with E-state index in [0.717, 1.165) is 6.07 Å². The second-order valence-electron chi connectivity index (χ2n) is 2.70. The van der Waals surface area contributed by atoms with Crippen LogP contribution in [0.15, 0.2) is 18.2 Å². The van der Waals surface area contributed by atoms with E-state index in [1.807, 2.05) is 34.6 Å². The van der Waals surface area contributed by atoms with Crippen LogP contribution in [0.5, 0.6) is 5.75 Å². The van der Waals surface area contributed by atoms with Crippen molar-refractivity contribution in [2.24, 2.45) is 0 Å². The predicted octanol–water partition coefficient (Wildman–Crippen LogP) is 5.85. The van der Waals surface area contributed by atoms with Gasteiger partial charge in [-0.15, -0.1) is 13.2 Å². The van der Waals surface area contributed by atoms with Crippen LogP contribution in [0.25, 0.3) is 0 Å². The van der Waals surface area contributed by atoms with Gasteiger partial charge in [0.2, 0.25) is 0 Å². The maximum absolute atomic E-state index is 11.8. The third-order valence-corrected chi connectivity index (χ3v) is 1.79. The molecule has 0 amide bonds. The zero-order chi connectivity index (χ0) is 14.8. The van der Waals surface area contributed by atoms with Gasteiger partial charge in [-0.2, -0.15) is 0 Å². The number of rotatable bonds is 2. The summed E-state index contributed by atoms with van der Waals surface area (Å²) in [5, 5.41) is 0.239. The fourth-order valence-corrected chi connectivity index (χ4v) is 1.27. The third kappa shape index (κ3) is 9.16. The maximum Gasteiger partial charge on any atom is 0.573 e.